The Hall–Kier alpha value is -4.32. The zero-order valence-electron chi connectivity index (χ0n) is 19.5. The number of carbonyl (C=O) groups is 2. The highest BCUT2D eigenvalue weighted by Crippen LogP contribution is 2.26. The highest BCUT2D eigenvalue weighted by atomic mass is 16.2. The zero-order valence-corrected chi connectivity index (χ0v) is 19.5. The molecule has 1 unspecified atom stereocenters. The highest BCUT2D eigenvalue weighted by molar-refractivity contribution is 6.07. The average Bonchev–Trinajstić information content (AvgIpc) is 2.84. The monoisotopic (exact) mass is 452 g/mol. The molecular weight excluding hydrogens is 424 g/mol. The molecule has 0 aromatic heterocycles. The fourth-order valence-corrected chi connectivity index (χ4v) is 3.90. The summed E-state index contributed by atoms with van der Waals surface area (Å²) in [6.07, 6.45) is 0. The number of amides is 3. The molecule has 6 nitrogen and oxygen atoms in total. The van der Waals surface area contributed by atoms with E-state index < -0.39 is 0 Å². The Kier molecular flexibility index (Phi) is 6.78. The number of hydrogen-bond donors (Lipinski definition) is 3. The third-order valence-electron chi connectivity index (χ3n) is 5.67. The van der Waals surface area contributed by atoms with Crippen LogP contribution in [0.2, 0.25) is 0 Å². The van der Waals surface area contributed by atoms with Crippen LogP contribution in [0, 0.1) is 0 Å². The van der Waals surface area contributed by atoms with Crippen molar-refractivity contribution >= 4 is 39.8 Å². The van der Waals surface area contributed by atoms with Crippen LogP contribution in [0.25, 0.3) is 10.8 Å². The van der Waals surface area contributed by atoms with E-state index in [0.29, 0.717) is 11.3 Å². The van der Waals surface area contributed by atoms with Crippen LogP contribution in [0.1, 0.15) is 28.9 Å². The highest BCUT2D eigenvalue weighted by Gasteiger charge is 2.17. The first kappa shape index (κ1) is 22.9. The molecule has 0 saturated carbocycles. The van der Waals surface area contributed by atoms with E-state index in [1.807, 2.05) is 105 Å². The molecule has 6 heteroatoms. The van der Waals surface area contributed by atoms with Crippen molar-refractivity contribution in [2.75, 3.05) is 29.6 Å². The van der Waals surface area contributed by atoms with Crippen LogP contribution < -0.4 is 20.9 Å². The quantitative estimate of drug-likeness (QED) is 0.334. The Labute approximate surface area is 199 Å². The first-order valence-electron chi connectivity index (χ1n) is 11.2. The second-order valence-corrected chi connectivity index (χ2v) is 8.34. The van der Waals surface area contributed by atoms with Crippen molar-refractivity contribution in [1.29, 1.82) is 0 Å². The van der Waals surface area contributed by atoms with Crippen molar-refractivity contribution < 1.29 is 9.59 Å². The molecule has 3 N–H and O–H groups in total. The van der Waals surface area contributed by atoms with Crippen LogP contribution in [0.5, 0.6) is 0 Å². The molecule has 0 fully saturated rings. The molecule has 0 heterocycles. The normalized spacial score (nSPS) is 11.5. The van der Waals surface area contributed by atoms with Crippen molar-refractivity contribution in [2.45, 2.75) is 13.0 Å². The molecule has 34 heavy (non-hydrogen) atoms. The summed E-state index contributed by atoms with van der Waals surface area (Å²) in [6, 6.07) is 28.2. The molecule has 4 rings (SSSR count). The van der Waals surface area contributed by atoms with Gasteiger partial charge in [-0.1, -0.05) is 66.7 Å². The Morgan fingerprint density at radius 2 is 1.50 bits per heavy atom. The minimum Gasteiger partial charge on any atom is -0.377 e. The number of carbonyl (C=O) groups excluding carboxylic acids is 2. The van der Waals surface area contributed by atoms with Crippen molar-refractivity contribution in [3.8, 4) is 0 Å². The van der Waals surface area contributed by atoms with E-state index in [-0.39, 0.29) is 18.0 Å². The molecule has 0 radical (unpaired) electrons. The van der Waals surface area contributed by atoms with Gasteiger partial charge in [-0.3, -0.25) is 4.79 Å². The van der Waals surface area contributed by atoms with Gasteiger partial charge in [-0.2, -0.15) is 0 Å². The minimum absolute atomic E-state index is 0.157. The number of hydrogen-bond acceptors (Lipinski definition) is 3. The largest absolute Gasteiger partial charge is 0.377 e. The maximum absolute atomic E-state index is 13.2. The van der Waals surface area contributed by atoms with E-state index in [4.69, 9.17) is 0 Å². The SMILES string of the molecule is CC(NC(=O)c1cc(NC(=O)Nc2cccc3ccccc23)ccc1N(C)C)c1ccccc1. The summed E-state index contributed by atoms with van der Waals surface area (Å²) < 4.78 is 0. The summed E-state index contributed by atoms with van der Waals surface area (Å²) in [5.74, 6) is -0.210. The predicted octanol–water partition coefficient (Wildman–Crippen LogP) is 6.04. The Bertz CT molecular complexity index is 1310. The van der Waals surface area contributed by atoms with Gasteiger partial charge < -0.3 is 20.9 Å². The molecule has 0 aliphatic carbocycles. The Morgan fingerprint density at radius 3 is 2.26 bits per heavy atom. The number of nitrogens with one attached hydrogen (secondary N) is 3. The van der Waals surface area contributed by atoms with Crippen LogP contribution in [0.15, 0.2) is 91.0 Å². The smallest absolute Gasteiger partial charge is 0.323 e. The van der Waals surface area contributed by atoms with E-state index in [9.17, 15) is 9.59 Å². The summed E-state index contributed by atoms with van der Waals surface area (Å²) >= 11 is 0. The second kappa shape index (κ2) is 10.1. The van der Waals surface area contributed by atoms with Gasteiger partial charge in [-0.15, -0.1) is 0 Å². The van der Waals surface area contributed by atoms with Gasteiger partial charge in [0.2, 0.25) is 0 Å². The Balaban J connectivity index is 1.53. The Morgan fingerprint density at radius 1 is 0.794 bits per heavy atom. The maximum atomic E-state index is 13.2. The number of urea groups is 1. The third-order valence-corrected chi connectivity index (χ3v) is 5.67. The minimum atomic E-state index is -0.377. The van der Waals surface area contributed by atoms with Crippen LogP contribution >= 0.6 is 0 Å². The molecule has 0 bridgehead atoms. The lowest BCUT2D eigenvalue weighted by Gasteiger charge is -2.20. The number of fused-ring (bicyclic) bond motifs is 1. The maximum Gasteiger partial charge on any atom is 0.323 e. The molecule has 0 aliphatic heterocycles. The summed E-state index contributed by atoms with van der Waals surface area (Å²) in [5.41, 5.74) is 3.51. The van der Waals surface area contributed by atoms with Crippen LogP contribution in [0.4, 0.5) is 21.9 Å². The first-order valence-corrected chi connectivity index (χ1v) is 11.2. The lowest BCUT2D eigenvalue weighted by atomic mass is 10.1. The van der Waals surface area contributed by atoms with E-state index in [1.165, 1.54) is 0 Å². The van der Waals surface area contributed by atoms with Crippen molar-refractivity contribution in [1.82, 2.24) is 5.32 Å². The zero-order chi connectivity index (χ0) is 24.1. The predicted molar refractivity (Wildman–Crippen MR) is 140 cm³/mol. The molecule has 4 aromatic rings. The van der Waals surface area contributed by atoms with Gasteiger partial charge in [0.05, 0.1) is 17.3 Å². The summed E-state index contributed by atoms with van der Waals surface area (Å²) in [5, 5.41) is 10.8. The van der Waals surface area contributed by atoms with Gasteiger partial charge in [-0.25, -0.2) is 4.79 Å². The molecule has 0 spiro atoms. The van der Waals surface area contributed by atoms with E-state index >= 15 is 0 Å². The summed E-state index contributed by atoms with van der Waals surface area (Å²) in [4.78, 5) is 27.8. The lowest BCUT2D eigenvalue weighted by Crippen LogP contribution is -2.28. The van der Waals surface area contributed by atoms with Crippen LogP contribution in [0.3, 0.4) is 0 Å². The van der Waals surface area contributed by atoms with Crippen molar-refractivity contribution in [3.05, 3.63) is 102 Å². The summed E-state index contributed by atoms with van der Waals surface area (Å²) in [7, 11) is 3.76. The van der Waals surface area contributed by atoms with E-state index in [1.54, 1.807) is 12.1 Å². The number of rotatable bonds is 6. The molecule has 1 atom stereocenters. The van der Waals surface area contributed by atoms with E-state index in [2.05, 4.69) is 16.0 Å². The fraction of sp³-hybridized carbons (Fsp3) is 0.143. The number of anilines is 3. The van der Waals surface area contributed by atoms with Gasteiger partial charge in [-0.05, 0) is 42.1 Å². The van der Waals surface area contributed by atoms with Gasteiger partial charge in [0, 0.05) is 30.9 Å². The second-order valence-electron chi connectivity index (χ2n) is 8.34. The topological polar surface area (TPSA) is 73.5 Å². The molecule has 172 valence electrons. The van der Waals surface area contributed by atoms with Crippen LogP contribution in [-0.4, -0.2) is 26.0 Å². The number of nitrogens with zero attached hydrogens (tertiary/aromatic N) is 1. The van der Waals surface area contributed by atoms with Crippen LogP contribution in [-0.2, 0) is 0 Å². The van der Waals surface area contributed by atoms with Gasteiger partial charge in [0.1, 0.15) is 0 Å². The standard InChI is InChI=1S/C28H28N4O2/c1-19(20-10-5-4-6-11-20)29-27(33)24-18-22(16-17-26(24)32(2)3)30-28(34)31-25-15-9-13-21-12-7-8-14-23(21)25/h4-19H,1-3H3,(H,29,33)(H2,30,31,34). The first-order chi connectivity index (χ1) is 16.4. The average molecular weight is 453 g/mol. The number of benzene rings is 4. The molecule has 0 saturated heterocycles. The van der Waals surface area contributed by atoms with Gasteiger partial charge >= 0.3 is 6.03 Å². The van der Waals surface area contributed by atoms with Gasteiger partial charge in [0.25, 0.3) is 5.91 Å². The van der Waals surface area contributed by atoms with E-state index in [0.717, 1.165) is 27.7 Å². The lowest BCUT2D eigenvalue weighted by molar-refractivity contribution is 0.0940. The fourth-order valence-electron chi connectivity index (χ4n) is 3.90. The molecular formula is C28H28N4O2. The van der Waals surface area contributed by atoms with Crippen molar-refractivity contribution in [3.63, 3.8) is 0 Å². The van der Waals surface area contributed by atoms with Gasteiger partial charge in [0.15, 0.2) is 0 Å². The van der Waals surface area contributed by atoms with Crippen molar-refractivity contribution in [2.24, 2.45) is 0 Å². The third kappa shape index (κ3) is 5.18. The molecule has 0 aliphatic rings. The molecule has 3 amide bonds. The molecule has 4 aromatic carbocycles. The summed E-state index contributed by atoms with van der Waals surface area (Å²) in [6.45, 7) is 1.95.